The maximum absolute atomic E-state index is 12.5. The lowest BCUT2D eigenvalue weighted by Gasteiger charge is -2.06. The number of aromatic hydroxyl groups is 1. The van der Waals surface area contributed by atoms with Gasteiger partial charge in [0.15, 0.2) is 0 Å². The molecule has 0 fully saturated rings. The van der Waals surface area contributed by atoms with E-state index in [2.05, 4.69) is 65.9 Å². The first-order chi connectivity index (χ1) is 17.0. The maximum Gasteiger partial charge on any atom is 0.342 e. The number of nitrogens with one attached hydrogen (secondary N) is 2. The van der Waals surface area contributed by atoms with Gasteiger partial charge in [0.2, 0.25) is 0 Å². The number of nitrogens with zero attached hydrogens (tertiary/aromatic N) is 3. The summed E-state index contributed by atoms with van der Waals surface area (Å²) in [4.78, 5) is 12.5. The quantitative estimate of drug-likeness (QED) is 0.0821. The summed E-state index contributed by atoms with van der Waals surface area (Å²) in [6.07, 6.45) is 1.43. The smallest absolute Gasteiger partial charge is 0.342 e. The fourth-order valence-corrected chi connectivity index (χ4v) is 5.82. The summed E-state index contributed by atoms with van der Waals surface area (Å²) in [7, 11) is 1.62. The van der Waals surface area contributed by atoms with E-state index in [0.29, 0.717) is 14.3 Å². The minimum absolute atomic E-state index is 0.0996. The number of hydrogen-bond donors (Lipinski definition) is 3. The number of hydrogen-bond acceptors (Lipinski definition) is 6. The minimum Gasteiger partial charge on any atom is -0.506 e. The minimum atomic E-state index is -0.295. The number of hydrazone groups is 1. The second-order valence-corrected chi connectivity index (χ2v) is 10.5. The zero-order valence-corrected chi connectivity index (χ0v) is 23.5. The van der Waals surface area contributed by atoms with E-state index in [1.54, 1.807) is 13.2 Å². The SMILES string of the molecule is COc1ccc(-[n+]2c(SCC(=O)NN=Cc3cc(I)cc(I)c3O)n[nH]c2-c2ccccc2)cc1. The van der Waals surface area contributed by atoms with Crippen molar-refractivity contribution in [2.75, 3.05) is 12.9 Å². The molecule has 0 aliphatic heterocycles. The van der Waals surface area contributed by atoms with Gasteiger partial charge in [-0.25, -0.2) is 5.43 Å². The van der Waals surface area contributed by atoms with Gasteiger partial charge < -0.3 is 9.84 Å². The summed E-state index contributed by atoms with van der Waals surface area (Å²) in [6.45, 7) is 0. The molecule has 0 saturated heterocycles. The predicted octanol–water partition coefficient (Wildman–Crippen LogP) is 4.52. The largest absolute Gasteiger partial charge is 0.506 e. The van der Waals surface area contributed by atoms with Crippen LogP contribution in [0.3, 0.4) is 0 Å². The highest BCUT2D eigenvalue weighted by molar-refractivity contribution is 14.1. The lowest BCUT2D eigenvalue weighted by atomic mass is 10.2. The van der Waals surface area contributed by atoms with Crippen LogP contribution < -0.4 is 14.7 Å². The third kappa shape index (κ3) is 6.32. The lowest BCUT2D eigenvalue weighted by Crippen LogP contribution is -2.34. The van der Waals surface area contributed by atoms with E-state index in [9.17, 15) is 9.90 Å². The van der Waals surface area contributed by atoms with Crippen molar-refractivity contribution in [3.63, 3.8) is 0 Å². The summed E-state index contributed by atoms with van der Waals surface area (Å²) in [5, 5.41) is 22.3. The standard InChI is InChI=1S/C24H19I2N5O3S/c1-34-19-9-7-18(8-10-19)31-23(15-5-3-2-4-6-15)29-30-24(31)35-14-21(32)28-27-13-16-11-17(25)12-20(26)22(16)33/h2-13H,14H2,1H3,(H2,27,28,32,33)/p+1. The number of rotatable bonds is 8. The number of thioether (sulfide) groups is 1. The average molecular weight is 712 g/mol. The third-order valence-electron chi connectivity index (χ3n) is 4.83. The Balaban J connectivity index is 1.51. The van der Waals surface area contributed by atoms with Crippen LogP contribution in [0.25, 0.3) is 17.1 Å². The number of aromatic amines is 1. The van der Waals surface area contributed by atoms with Crippen LogP contribution in [0.2, 0.25) is 0 Å². The number of carbonyl (C=O) groups is 1. The molecule has 0 atom stereocenters. The molecule has 0 saturated carbocycles. The Bertz CT molecular complexity index is 1360. The summed E-state index contributed by atoms with van der Waals surface area (Å²) >= 11 is 5.50. The molecule has 8 nitrogen and oxygen atoms in total. The molecule has 0 aliphatic rings. The molecule has 1 heterocycles. The Morgan fingerprint density at radius 1 is 1.20 bits per heavy atom. The summed E-state index contributed by atoms with van der Waals surface area (Å²) < 4.78 is 8.92. The molecule has 3 aromatic carbocycles. The van der Waals surface area contributed by atoms with Gasteiger partial charge in [-0.15, -0.1) is 5.10 Å². The molecule has 0 radical (unpaired) electrons. The highest BCUT2D eigenvalue weighted by Gasteiger charge is 2.24. The Kier molecular flexibility index (Phi) is 8.62. The number of carbonyl (C=O) groups excluding carboxylic acids is 1. The van der Waals surface area contributed by atoms with Crippen LogP contribution in [0, 0.1) is 7.14 Å². The van der Waals surface area contributed by atoms with E-state index in [0.717, 1.165) is 26.4 Å². The molecule has 1 amide bonds. The van der Waals surface area contributed by atoms with Crippen molar-refractivity contribution in [3.8, 4) is 28.6 Å². The van der Waals surface area contributed by atoms with Gasteiger partial charge in [-0.2, -0.15) is 9.67 Å². The van der Waals surface area contributed by atoms with Crippen molar-refractivity contribution in [3.05, 3.63) is 79.4 Å². The summed E-state index contributed by atoms with van der Waals surface area (Å²) in [5.41, 5.74) is 4.88. The summed E-state index contributed by atoms with van der Waals surface area (Å²) in [5.74, 6) is 1.47. The zero-order valence-electron chi connectivity index (χ0n) is 18.4. The molecule has 0 unspecified atom stereocenters. The Hall–Kier alpha value is -2.65. The second-order valence-electron chi connectivity index (χ2n) is 7.16. The number of halogens is 2. The average Bonchev–Trinajstić information content (AvgIpc) is 3.30. The highest BCUT2D eigenvalue weighted by Crippen LogP contribution is 2.26. The number of aromatic nitrogens is 3. The number of benzene rings is 3. The van der Waals surface area contributed by atoms with Gasteiger partial charge in [-0.1, -0.05) is 18.2 Å². The van der Waals surface area contributed by atoms with E-state index in [-0.39, 0.29) is 17.4 Å². The van der Waals surface area contributed by atoms with Gasteiger partial charge in [0.05, 0.1) is 33.3 Å². The molecule has 0 spiro atoms. The maximum atomic E-state index is 12.5. The van der Waals surface area contributed by atoms with Gasteiger partial charge >= 0.3 is 5.16 Å². The van der Waals surface area contributed by atoms with Gasteiger partial charge in [-0.05, 0) is 105 Å². The Morgan fingerprint density at radius 2 is 1.94 bits per heavy atom. The van der Waals surface area contributed by atoms with Crippen molar-refractivity contribution in [2.24, 2.45) is 5.10 Å². The van der Waals surface area contributed by atoms with Crippen LogP contribution >= 0.6 is 56.9 Å². The number of amides is 1. The number of phenolic OH excluding ortho intramolecular Hbond substituents is 1. The second kappa shape index (κ2) is 11.9. The van der Waals surface area contributed by atoms with Gasteiger partial charge in [0, 0.05) is 9.13 Å². The van der Waals surface area contributed by atoms with E-state index >= 15 is 0 Å². The van der Waals surface area contributed by atoms with E-state index in [1.165, 1.54) is 18.0 Å². The first-order valence-electron chi connectivity index (χ1n) is 10.3. The lowest BCUT2D eigenvalue weighted by molar-refractivity contribution is -0.625. The van der Waals surface area contributed by atoms with Gasteiger partial charge in [0.1, 0.15) is 17.2 Å². The molecule has 3 N–H and O–H groups in total. The van der Waals surface area contributed by atoms with Crippen LogP contribution in [0.5, 0.6) is 11.5 Å². The van der Waals surface area contributed by atoms with E-state index < -0.39 is 0 Å². The third-order valence-corrected chi connectivity index (χ3v) is 7.22. The van der Waals surface area contributed by atoms with E-state index in [4.69, 9.17) is 4.74 Å². The molecule has 35 heavy (non-hydrogen) atoms. The molecular formula is C24H20I2N5O3S+. The number of ether oxygens (including phenoxy) is 1. The first-order valence-corrected chi connectivity index (χ1v) is 13.4. The number of methoxy groups -OCH3 is 1. The van der Waals surface area contributed by atoms with Crippen molar-refractivity contribution < 1.29 is 19.2 Å². The fourth-order valence-electron chi connectivity index (χ4n) is 3.17. The topological polar surface area (TPSA) is 103 Å². The molecule has 4 aromatic rings. The summed E-state index contributed by atoms with van der Waals surface area (Å²) in [6, 6.07) is 21.1. The number of phenols is 1. The fraction of sp³-hybridized carbons (Fsp3) is 0.0833. The van der Waals surface area contributed by atoms with Crippen LogP contribution in [-0.4, -0.2) is 40.3 Å². The van der Waals surface area contributed by atoms with Crippen molar-refractivity contribution in [2.45, 2.75) is 5.16 Å². The van der Waals surface area contributed by atoms with Crippen LogP contribution in [0.1, 0.15) is 5.56 Å². The molecule has 0 bridgehead atoms. The van der Waals surface area contributed by atoms with Crippen molar-refractivity contribution in [1.29, 1.82) is 0 Å². The Morgan fingerprint density at radius 3 is 2.66 bits per heavy atom. The number of H-pyrrole nitrogens is 1. The van der Waals surface area contributed by atoms with Crippen molar-refractivity contribution in [1.82, 2.24) is 15.6 Å². The zero-order chi connectivity index (χ0) is 24.8. The molecule has 178 valence electrons. The molecule has 4 rings (SSSR count). The monoisotopic (exact) mass is 712 g/mol. The molecule has 0 aliphatic carbocycles. The molecule has 11 heteroatoms. The van der Waals surface area contributed by atoms with Crippen LogP contribution in [-0.2, 0) is 4.79 Å². The predicted molar refractivity (Wildman–Crippen MR) is 152 cm³/mol. The Labute approximate surface area is 233 Å². The molecular weight excluding hydrogens is 692 g/mol. The van der Waals surface area contributed by atoms with Gasteiger partial charge in [0.25, 0.3) is 11.7 Å². The van der Waals surface area contributed by atoms with Crippen LogP contribution in [0.4, 0.5) is 0 Å². The van der Waals surface area contributed by atoms with Crippen LogP contribution in [0.15, 0.2) is 77.0 Å². The van der Waals surface area contributed by atoms with Crippen molar-refractivity contribution >= 4 is 69.1 Å². The first kappa shape index (κ1) is 25.4. The van der Waals surface area contributed by atoms with Gasteiger partial charge in [-0.3, -0.25) is 4.79 Å². The van der Waals surface area contributed by atoms with E-state index in [1.807, 2.05) is 65.2 Å². The normalized spacial score (nSPS) is 11.1. The molecule has 1 aromatic heterocycles. The highest BCUT2D eigenvalue weighted by atomic mass is 127.